The lowest BCUT2D eigenvalue weighted by atomic mass is 10.2. The Kier molecular flexibility index (Phi) is 7.28. The van der Waals surface area contributed by atoms with E-state index in [9.17, 15) is 8.42 Å². The van der Waals surface area contributed by atoms with Crippen molar-refractivity contribution in [1.82, 2.24) is 29.7 Å². The summed E-state index contributed by atoms with van der Waals surface area (Å²) in [6.45, 7) is 7.51. The summed E-state index contributed by atoms with van der Waals surface area (Å²) in [7, 11) is -2.47. The number of pyridine rings is 1. The molecule has 1 aliphatic heterocycles. The fourth-order valence-corrected chi connectivity index (χ4v) is 4.83. The maximum atomic E-state index is 13.5. The van der Waals surface area contributed by atoms with Crippen LogP contribution in [0.3, 0.4) is 0 Å². The average Bonchev–Trinajstić information content (AvgIpc) is 3.15. The molecule has 0 saturated carbocycles. The van der Waals surface area contributed by atoms with Crippen molar-refractivity contribution in [3.63, 3.8) is 0 Å². The highest BCUT2D eigenvalue weighted by Crippen LogP contribution is 2.35. The van der Waals surface area contributed by atoms with Gasteiger partial charge >= 0.3 is 0 Å². The topological polar surface area (TPSA) is 143 Å². The molecule has 0 amide bonds. The lowest BCUT2D eigenvalue weighted by Gasteiger charge is -2.26. The predicted octanol–water partition coefficient (Wildman–Crippen LogP) is 2.31. The van der Waals surface area contributed by atoms with Gasteiger partial charge in [0.25, 0.3) is 0 Å². The van der Waals surface area contributed by atoms with Gasteiger partial charge in [-0.1, -0.05) is 0 Å². The Morgan fingerprint density at radius 3 is 2.63 bits per heavy atom. The molecule has 0 bridgehead atoms. The van der Waals surface area contributed by atoms with Crippen molar-refractivity contribution in [2.75, 3.05) is 25.0 Å². The summed E-state index contributed by atoms with van der Waals surface area (Å²) in [5.41, 5.74) is 1.46. The molecule has 188 valence electrons. The first-order valence-electron chi connectivity index (χ1n) is 11.2. The summed E-state index contributed by atoms with van der Waals surface area (Å²) in [6, 6.07) is 3.15. The molecule has 0 radical (unpaired) electrons. The van der Waals surface area contributed by atoms with E-state index in [1.165, 1.54) is 0 Å². The van der Waals surface area contributed by atoms with Gasteiger partial charge in [0.1, 0.15) is 18.0 Å². The van der Waals surface area contributed by atoms with Crippen molar-refractivity contribution in [2.45, 2.75) is 51.2 Å². The lowest BCUT2D eigenvalue weighted by Crippen LogP contribution is -2.35. The van der Waals surface area contributed by atoms with Gasteiger partial charge < -0.3 is 14.2 Å². The molecule has 3 aromatic heterocycles. The van der Waals surface area contributed by atoms with E-state index in [0.29, 0.717) is 17.3 Å². The number of hydrogen-bond acceptors (Lipinski definition) is 10. The molecule has 4 heterocycles. The zero-order valence-corrected chi connectivity index (χ0v) is 21.1. The minimum atomic E-state index is -4.02. The molecule has 1 aliphatic rings. The number of nitrogens with one attached hydrogen (secondary N) is 1. The normalized spacial score (nSPS) is 17.1. The van der Waals surface area contributed by atoms with Crippen LogP contribution in [0.1, 0.15) is 44.3 Å². The number of aryl methyl sites for hydroxylation is 1. The van der Waals surface area contributed by atoms with Gasteiger partial charge in [0.2, 0.25) is 21.9 Å². The van der Waals surface area contributed by atoms with Gasteiger partial charge in [0.05, 0.1) is 24.3 Å². The third-order valence-corrected chi connectivity index (χ3v) is 7.16. The Hall–Kier alpha value is -3.16. The van der Waals surface area contributed by atoms with Crippen LogP contribution in [0.15, 0.2) is 30.7 Å². The predicted molar refractivity (Wildman–Crippen MR) is 127 cm³/mol. The van der Waals surface area contributed by atoms with Crippen molar-refractivity contribution in [2.24, 2.45) is 0 Å². The van der Waals surface area contributed by atoms with Gasteiger partial charge in [0, 0.05) is 25.7 Å². The smallest absolute Gasteiger partial charge is 0.240 e. The largest absolute Gasteiger partial charge is 0.475 e. The van der Waals surface area contributed by atoms with Crippen LogP contribution in [0.5, 0.6) is 5.88 Å². The summed E-state index contributed by atoms with van der Waals surface area (Å²) >= 11 is 0. The van der Waals surface area contributed by atoms with Gasteiger partial charge in [-0.05, 0) is 45.4 Å². The van der Waals surface area contributed by atoms with Gasteiger partial charge in [-0.15, -0.1) is 10.2 Å². The summed E-state index contributed by atoms with van der Waals surface area (Å²) in [5.74, 6) is 1.15. The molecule has 1 N–H and O–H groups in total. The average molecular weight is 504 g/mol. The van der Waals surface area contributed by atoms with E-state index in [1.54, 1.807) is 49.3 Å². The van der Waals surface area contributed by atoms with Crippen LogP contribution in [0.4, 0.5) is 5.95 Å². The van der Waals surface area contributed by atoms with Crippen LogP contribution in [0.25, 0.3) is 11.4 Å². The van der Waals surface area contributed by atoms with Gasteiger partial charge in [-0.3, -0.25) is 9.29 Å². The van der Waals surface area contributed by atoms with E-state index >= 15 is 0 Å². The molecule has 0 spiro atoms. The highest BCUT2D eigenvalue weighted by molar-refractivity contribution is 7.93. The van der Waals surface area contributed by atoms with Crippen molar-refractivity contribution in [3.05, 3.63) is 42.1 Å². The number of fused-ring (bicyclic) bond motifs is 3. The van der Waals surface area contributed by atoms with E-state index in [0.717, 1.165) is 5.56 Å². The van der Waals surface area contributed by atoms with Crippen molar-refractivity contribution in [1.29, 1.82) is 0 Å². The Balaban J connectivity index is 1.70. The first-order valence-corrected chi connectivity index (χ1v) is 12.7. The maximum Gasteiger partial charge on any atom is 0.240 e. The van der Waals surface area contributed by atoms with Crippen LogP contribution >= 0.6 is 0 Å². The molecule has 3 atom stereocenters. The maximum absolute atomic E-state index is 13.5. The number of anilines is 1. The first kappa shape index (κ1) is 24.9. The van der Waals surface area contributed by atoms with Crippen LogP contribution < -0.4 is 9.46 Å². The molecule has 35 heavy (non-hydrogen) atoms. The zero-order valence-electron chi connectivity index (χ0n) is 20.2. The number of hydrogen-bond donors (Lipinski definition) is 1. The van der Waals surface area contributed by atoms with Crippen LogP contribution in [0, 0.1) is 6.92 Å². The van der Waals surface area contributed by atoms with E-state index in [1.807, 2.05) is 20.8 Å². The molecule has 13 heteroatoms. The Bertz CT molecular complexity index is 1260. The van der Waals surface area contributed by atoms with Gasteiger partial charge in [0.15, 0.2) is 11.6 Å². The van der Waals surface area contributed by atoms with E-state index < -0.39 is 27.4 Å². The fraction of sp³-hybridized carbons (Fsp3) is 0.500. The minimum absolute atomic E-state index is 0.0438. The molecule has 4 rings (SSSR count). The molecule has 0 aliphatic carbocycles. The lowest BCUT2D eigenvalue weighted by molar-refractivity contribution is 0.00152. The number of sulfonamides is 1. The standard InChI is InChI=1S/C22H29N7O5S/c1-13(2)34-18(19-24-9-14(3)10-25-19)15(4)35(30,31)28-22-27-26-20-17-7-6-8-23-21(17)33-12-16(11-32-5)29(20)22/h6-10,13,15-16,18H,11-12H2,1-5H3,(H,27,28)/t15-,16+,18+/m0/s1. The first-order chi connectivity index (χ1) is 16.7. The summed E-state index contributed by atoms with van der Waals surface area (Å²) in [4.78, 5) is 12.9. The summed E-state index contributed by atoms with van der Waals surface area (Å²) in [6.07, 6.45) is 3.72. The third kappa shape index (κ3) is 5.26. The monoisotopic (exact) mass is 503 g/mol. The number of ether oxygens (including phenoxy) is 3. The highest BCUT2D eigenvalue weighted by Gasteiger charge is 2.37. The second-order valence-electron chi connectivity index (χ2n) is 8.57. The molecular formula is C22H29N7O5S. The van der Waals surface area contributed by atoms with Crippen LogP contribution in [-0.2, 0) is 19.5 Å². The second-order valence-corrected chi connectivity index (χ2v) is 10.6. The molecule has 0 saturated heterocycles. The van der Waals surface area contributed by atoms with E-state index in [4.69, 9.17) is 14.2 Å². The van der Waals surface area contributed by atoms with Crippen molar-refractivity contribution < 1.29 is 22.6 Å². The fourth-order valence-electron chi connectivity index (χ4n) is 3.74. The highest BCUT2D eigenvalue weighted by atomic mass is 32.2. The molecule has 0 fully saturated rings. The number of methoxy groups -OCH3 is 1. The molecular weight excluding hydrogens is 474 g/mol. The minimum Gasteiger partial charge on any atom is -0.475 e. The van der Waals surface area contributed by atoms with Crippen molar-refractivity contribution >= 4 is 16.0 Å². The molecule has 12 nitrogen and oxygen atoms in total. The van der Waals surface area contributed by atoms with Gasteiger partial charge in [-0.2, -0.15) is 0 Å². The summed E-state index contributed by atoms with van der Waals surface area (Å²) < 4.78 is 48.5. The molecule has 0 unspecified atom stereocenters. The van der Waals surface area contributed by atoms with Gasteiger partial charge in [-0.25, -0.2) is 23.4 Å². The number of aromatic nitrogens is 6. The Morgan fingerprint density at radius 1 is 1.20 bits per heavy atom. The number of rotatable bonds is 9. The Labute approximate surface area is 204 Å². The number of nitrogens with zero attached hydrogens (tertiary/aromatic N) is 6. The van der Waals surface area contributed by atoms with E-state index in [2.05, 4.69) is 29.9 Å². The third-order valence-electron chi connectivity index (χ3n) is 5.47. The zero-order chi connectivity index (χ0) is 25.2. The van der Waals surface area contributed by atoms with Crippen molar-refractivity contribution in [3.8, 4) is 17.3 Å². The molecule has 0 aromatic carbocycles. The second kappa shape index (κ2) is 10.2. The summed E-state index contributed by atoms with van der Waals surface area (Å²) in [5, 5.41) is 7.36. The van der Waals surface area contributed by atoms with Crippen LogP contribution in [0.2, 0.25) is 0 Å². The molecule has 3 aromatic rings. The Morgan fingerprint density at radius 2 is 1.94 bits per heavy atom. The quantitative estimate of drug-likeness (QED) is 0.462. The van der Waals surface area contributed by atoms with Crippen LogP contribution in [-0.4, -0.2) is 69.8 Å². The SMILES string of the molecule is COC[C@@H]1COc2ncccc2-c2nnc(NS(=O)(=O)[C@@H](C)[C@@H](OC(C)C)c3ncc(C)cn3)n21. The van der Waals surface area contributed by atoms with E-state index in [-0.39, 0.29) is 31.1 Å².